The van der Waals surface area contributed by atoms with Crippen LogP contribution in [0.5, 0.6) is 0 Å². The molecule has 0 aromatic carbocycles. The highest BCUT2D eigenvalue weighted by molar-refractivity contribution is 5.61. The molecule has 0 unspecified atom stereocenters. The van der Waals surface area contributed by atoms with Gasteiger partial charge >= 0.3 is 5.69 Å². The van der Waals surface area contributed by atoms with E-state index in [4.69, 9.17) is 10.5 Å². The van der Waals surface area contributed by atoms with Gasteiger partial charge in [0.15, 0.2) is 0 Å². The standard InChI is InChI=1S/C14H24N4O3/c1-3-5-6-18-12(15)11(13(19)17-14(18)20)16-9-7-10(8-9)21-4-2/h9-10,16H,3-8,15H2,1-2H3,(H,17,19,20). The highest BCUT2D eigenvalue weighted by atomic mass is 16.5. The summed E-state index contributed by atoms with van der Waals surface area (Å²) >= 11 is 0. The second-order valence-corrected chi connectivity index (χ2v) is 5.41. The van der Waals surface area contributed by atoms with Gasteiger partial charge in [-0.3, -0.25) is 14.3 Å². The maximum absolute atomic E-state index is 11.9. The van der Waals surface area contributed by atoms with Gasteiger partial charge in [-0.05, 0) is 26.2 Å². The van der Waals surface area contributed by atoms with Crippen LogP contribution < -0.4 is 22.3 Å². The molecule has 0 amide bonds. The molecule has 0 atom stereocenters. The lowest BCUT2D eigenvalue weighted by molar-refractivity contribution is 0.00297. The second-order valence-electron chi connectivity index (χ2n) is 5.41. The first-order chi connectivity index (χ1) is 10.1. The molecule has 1 fully saturated rings. The van der Waals surface area contributed by atoms with Gasteiger partial charge in [0.05, 0.1) is 6.10 Å². The predicted octanol–water partition coefficient (Wildman–Crippen LogP) is 0.898. The van der Waals surface area contributed by atoms with Crippen LogP contribution in [0.2, 0.25) is 0 Å². The maximum atomic E-state index is 11.9. The van der Waals surface area contributed by atoms with Crippen molar-refractivity contribution in [3.8, 4) is 0 Å². The summed E-state index contributed by atoms with van der Waals surface area (Å²) in [6, 6.07) is 0.169. The highest BCUT2D eigenvalue weighted by Crippen LogP contribution is 2.27. The monoisotopic (exact) mass is 296 g/mol. The minimum absolute atomic E-state index is 0.169. The molecule has 7 nitrogen and oxygen atoms in total. The quantitative estimate of drug-likeness (QED) is 0.694. The first-order valence-corrected chi connectivity index (χ1v) is 7.57. The smallest absolute Gasteiger partial charge is 0.330 e. The van der Waals surface area contributed by atoms with Crippen LogP contribution in [0, 0.1) is 0 Å². The van der Waals surface area contributed by atoms with Gasteiger partial charge in [0.1, 0.15) is 11.5 Å². The Bertz CT molecular complexity index is 587. The number of nitrogen functional groups attached to an aromatic ring is 1. The number of nitrogens with two attached hydrogens (primary N) is 1. The molecule has 2 rings (SSSR count). The number of aromatic amines is 1. The summed E-state index contributed by atoms with van der Waals surface area (Å²) in [7, 11) is 0. The average molecular weight is 296 g/mol. The number of nitrogens with one attached hydrogen (secondary N) is 2. The number of rotatable bonds is 7. The van der Waals surface area contributed by atoms with E-state index in [9.17, 15) is 9.59 Å². The largest absolute Gasteiger partial charge is 0.383 e. The summed E-state index contributed by atoms with van der Waals surface area (Å²) in [5.74, 6) is 0.219. The Morgan fingerprint density at radius 3 is 2.71 bits per heavy atom. The molecule has 1 saturated carbocycles. The molecule has 7 heteroatoms. The lowest BCUT2D eigenvalue weighted by Crippen LogP contribution is -2.43. The van der Waals surface area contributed by atoms with E-state index >= 15 is 0 Å². The van der Waals surface area contributed by atoms with Gasteiger partial charge in [-0.2, -0.15) is 0 Å². The third kappa shape index (κ3) is 3.47. The van der Waals surface area contributed by atoms with Gasteiger partial charge in [0, 0.05) is 19.2 Å². The summed E-state index contributed by atoms with van der Waals surface area (Å²) in [6.45, 7) is 5.21. The lowest BCUT2D eigenvalue weighted by atomic mass is 9.89. The van der Waals surface area contributed by atoms with Crippen molar-refractivity contribution in [3.63, 3.8) is 0 Å². The van der Waals surface area contributed by atoms with E-state index < -0.39 is 11.2 Å². The molecule has 1 aromatic rings. The van der Waals surface area contributed by atoms with E-state index in [1.807, 2.05) is 13.8 Å². The topological polar surface area (TPSA) is 102 Å². The molecule has 0 aliphatic heterocycles. The number of anilines is 2. The van der Waals surface area contributed by atoms with Crippen LogP contribution in [0.15, 0.2) is 9.59 Å². The zero-order valence-electron chi connectivity index (χ0n) is 12.6. The third-order valence-corrected chi connectivity index (χ3v) is 3.82. The number of ether oxygens (including phenoxy) is 1. The summed E-state index contributed by atoms with van der Waals surface area (Å²) in [5.41, 5.74) is 5.39. The molecule has 1 aliphatic carbocycles. The second kappa shape index (κ2) is 6.80. The van der Waals surface area contributed by atoms with Gasteiger partial charge in [-0.15, -0.1) is 0 Å². The van der Waals surface area contributed by atoms with Crippen LogP contribution in [-0.4, -0.2) is 28.3 Å². The van der Waals surface area contributed by atoms with E-state index in [0.29, 0.717) is 18.8 Å². The maximum Gasteiger partial charge on any atom is 0.330 e. The Morgan fingerprint density at radius 2 is 2.10 bits per heavy atom. The van der Waals surface area contributed by atoms with Crippen LogP contribution in [0.25, 0.3) is 0 Å². The van der Waals surface area contributed by atoms with Crippen molar-refractivity contribution in [2.45, 2.75) is 58.2 Å². The van der Waals surface area contributed by atoms with Crippen molar-refractivity contribution < 1.29 is 4.74 Å². The van der Waals surface area contributed by atoms with Gasteiger partial charge < -0.3 is 15.8 Å². The van der Waals surface area contributed by atoms with Crippen LogP contribution >= 0.6 is 0 Å². The molecule has 0 radical (unpaired) electrons. The van der Waals surface area contributed by atoms with Crippen molar-refractivity contribution in [2.24, 2.45) is 0 Å². The van der Waals surface area contributed by atoms with Crippen LogP contribution in [0.4, 0.5) is 11.5 Å². The molecule has 1 aromatic heterocycles. The number of H-pyrrole nitrogens is 1. The summed E-state index contributed by atoms with van der Waals surface area (Å²) in [4.78, 5) is 26.1. The first kappa shape index (κ1) is 15.6. The van der Waals surface area contributed by atoms with Gasteiger partial charge in [-0.1, -0.05) is 13.3 Å². The molecule has 1 aliphatic rings. The highest BCUT2D eigenvalue weighted by Gasteiger charge is 2.30. The van der Waals surface area contributed by atoms with Crippen LogP contribution in [0.1, 0.15) is 39.5 Å². The van der Waals surface area contributed by atoms with Gasteiger partial charge in [0.2, 0.25) is 0 Å². The number of unbranched alkanes of at least 4 members (excludes halogenated alkanes) is 1. The van der Waals surface area contributed by atoms with Crippen molar-refractivity contribution in [1.29, 1.82) is 0 Å². The fourth-order valence-corrected chi connectivity index (χ4v) is 2.52. The fraction of sp³-hybridized carbons (Fsp3) is 0.714. The Kier molecular flexibility index (Phi) is 5.06. The van der Waals surface area contributed by atoms with Crippen molar-refractivity contribution in [1.82, 2.24) is 9.55 Å². The van der Waals surface area contributed by atoms with E-state index in [-0.39, 0.29) is 18.0 Å². The van der Waals surface area contributed by atoms with Crippen LogP contribution in [-0.2, 0) is 11.3 Å². The summed E-state index contributed by atoms with van der Waals surface area (Å²) < 4.78 is 6.91. The van der Waals surface area contributed by atoms with Crippen molar-refractivity contribution in [2.75, 3.05) is 17.7 Å². The van der Waals surface area contributed by atoms with Crippen LogP contribution in [0.3, 0.4) is 0 Å². The molecule has 118 valence electrons. The minimum atomic E-state index is -0.454. The Labute approximate surface area is 123 Å². The zero-order chi connectivity index (χ0) is 15.4. The Morgan fingerprint density at radius 1 is 1.38 bits per heavy atom. The molecule has 4 N–H and O–H groups in total. The Hall–Kier alpha value is -1.76. The number of hydrogen-bond donors (Lipinski definition) is 3. The van der Waals surface area contributed by atoms with Gasteiger partial charge in [0.25, 0.3) is 5.56 Å². The van der Waals surface area contributed by atoms with Gasteiger partial charge in [-0.25, -0.2) is 4.79 Å². The lowest BCUT2D eigenvalue weighted by Gasteiger charge is -2.36. The van der Waals surface area contributed by atoms with E-state index in [1.54, 1.807) is 0 Å². The number of aromatic nitrogens is 2. The van der Waals surface area contributed by atoms with E-state index in [0.717, 1.165) is 25.7 Å². The molecule has 0 saturated heterocycles. The third-order valence-electron chi connectivity index (χ3n) is 3.82. The van der Waals surface area contributed by atoms with Crippen molar-refractivity contribution in [3.05, 3.63) is 20.8 Å². The molecular weight excluding hydrogens is 272 g/mol. The number of hydrogen-bond acceptors (Lipinski definition) is 5. The average Bonchev–Trinajstić information content (AvgIpc) is 2.39. The SMILES string of the molecule is CCCCn1c(N)c(NC2CC(OCC)C2)c(=O)[nH]c1=O. The normalized spacial score (nSPS) is 21.0. The molecule has 0 spiro atoms. The number of nitrogens with zero attached hydrogens (tertiary/aromatic N) is 1. The summed E-state index contributed by atoms with van der Waals surface area (Å²) in [5, 5.41) is 3.14. The predicted molar refractivity (Wildman–Crippen MR) is 82.7 cm³/mol. The van der Waals surface area contributed by atoms with E-state index in [2.05, 4.69) is 10.3 Å². The minimum Gasteiger partial charge on any atom is -0.383 e. The molecule has 21 heavy (non-hydrogen) atoms. The Balaban J connectivity index is 2.12. The molecule has 1 heterocycles. The fourth-order valence-electron chi connectivity index (χ4n) is 2.52. The van der Waals surface area contributed by atoms with E-state index in [1.165, 1.54) is 4.57 Å². The zero-order valence-corrected chi connectivity index (χ0v) is 12.6. The first-order valence-electron chi connectivity index (χ1n) is 7.57. The summed E-state index contributed by atoms with van der Waals surface area (Å²) in [6.07, 6.45) is 3.73. The molecule has 0 bridgehead atoms. The molecular formula is C14H24N4O3. The van der Waals surface area contributed by atoms with Crippen molar-refractivity contribution >= 4 is 11.5 Å².